The van der Waals surface area contributed by atoms with E-state index in [1.54, 1.807) is 12.1 Å². The van der Waals surface area contributed by atoms with Gasteiger partial charge in [0.05, 0.1) is 12.3 Å². The third-order valence-corrected chi connectivity index (χ3v) is 3.33. The van der Waals surface area contributed by atoms with Gasteiger partial charge in [-0.05, 0) is 36.2 Å². The van der Waals surface area contributed by atoms with Crippen LogP contribution in [0.25, 0.3) is 0 Å². The predicted octanol–water partition coefficient (Wildman–Crippen LogP) is 3.19. The summed E-state index contributed by atoms with van der Waals surface area (Å²) in [7, 11) is 1.88. The molecule has 0 aromatic heterocycles. The predicted molar refractivity (Wildman–Crippen MR) is 84.1 cm³/mol. The molecule has 112 valence electrons. The van der Waals surface area contributed by atoms with Crippen LogP contribution in [0.1, 0.15) is 12.0 Å². The quantitative estimate of drug-likeness (QED) is 0.795. The summed E-state index contributed by atoms with van der Waals surface area (Å²) in [5, 5.41) is 0. The Labute approximate surface area is 125 Å². The third-order valence-electron chi connectivity index (χ3n) is 3.33. The highest BCUT2D eigenvalue weighted by Gasteiger charge is 2.05. The lowest BCUT2D eigenvalue weighted by molar-refractivity contribution is 0.312. The number of rotatable bonds is 7. The second-order valence-electron chi connectivity index (χ2n) is 4.92. The number of ether oxygens (including phenoxy) is 1. The monoisotopic (exact) mass is 288 g/mol. The van der Waals surface area contributed by atoms with Crippen LogP contribution in [0.4, 0.5) is 10.1 Å². The first-order valence-corrected chi connectivity index (χ1v) is 7.08. The zero-order valence-electron chi connectivity index (χ0n) is 12.3. The molecule has 2 aromatic carbocycles. The van der Waals surface area contributed by atoms with Crippen molar-refractivity contribution in [2.75, 3.05) is 25.1 Å². The van der Waals surface area contributed by atoms with Crippen LogP contribution in [-0.2, 0) is 6.54 Å². The second kappa shape index (κ2) is 7.64. The van der Waals surface area contributed by atoms with Crippen LogP contribution in [0.3, 0.4) is 0 Å². The molecule has 0 heterocycles. The minimum atomic E-state index is -0.196. The SMILES string of the molecule is CN(CCCOc1ccc(CN)cc1)c1ccccc1F. The molecular formula is C17H21FN2O. The Morgan fingerprint density at radius 3 is 2.48 bits per heavy atom. The molecule has 0 aliphatic rings. The Kier molecular flexibility index (Phi) is 5.58. The Morgan fingerprint density at radius 2 is 1.81 bits per heavy atom. The lowest BCUT2D eigenvalue weighted by atomic mass is 10.2. The van der Waals surface area contributed by atoms with Gasteiger partial charge in [0.1, 0.15) is 11.6 Å². The van der Waals surface area contributed by atoms with Gasteiger partial charge in [-0.2, -0.15) is 0 Å². The van der Waals surface area contributed by atoms with Crippen LogP contribution in [0, 0.1) is 5.82 Å². The topological polar surface area (TPSA) is 38.5 Å². The molecule has 2 aromatic rings. The molecule has 0 fully saturated rings. The van der Waals surface area contributed by atoms with Crippen molar-refractivity contribution in [1.82, 2.24) is 0 Å². The van der Waals surface area contributed by atoms with Gasteiger partial charge in [-0.25, -0.2) is 4.39 Å². The molecule has 2 rings (SSSR count). The minimum Gasteiger partial charge on any atom is -0.494 e. The summed E-state index contributed by atoms with van der Waals surface area (Å²) in [4.78, 5) is 1.90. The van der Waals surface area contributed by atoms with Gasteiger partial charge < -0.3 is 15.4 Å². The normalized spacial score (nSPS) is 10.4. The van der Waals surface area contributed by atoms with Crippen molar-refractivity contribution in [1.29, 1.82) is 0 Å². The summed E-state index contributed by atoms with van der Waals surface area (Å²) >= 11 is 0. The maximum atomic E-state index is 13.6. The lowest BCUT2D eigenvalue weighted by Crippen LogP contribution is -2.21. The molecule has 0 unspecified atom stereocenters. The van der Waals surface area contributed by atoms with Crippen LogP contribution < -0.4 is 15.4 Å². The van der Waals surface area contributed by atoms with E-state index in [-0.39, 0.29) is 5.82 Å². The van der Waals surface area contributed by atoms with E-state index in [9.17, 15) is 4.39 Å². The summed E-state index contributed by atoms with van der Waals surface area (Å²) in [5.41, 5.74) is 7.25. The fourth-order valence-corrected chi connectivity index (χ4v) is 2.10. The standard InChI is InChI=1S/C17H21FN2O/c1-20(17-6-3-2-5-16(17)18)11-4-12-21-15-9-7-14(13-19)8-10-15/h2-3,5-10H,4,11-13,19H2,1H3. The van der Waals surface area contributed by atoms with Gasteiger partial charge in [0.2, 0.25) is 0 Å². The maximum absolute atomic E-state index is 13.6. The number of hydrogen-bond donors (Lipinski definition) is 1. The van der Waals surface area contributed by atoms with Gasteiger partial charge in [-0.3, -0.25) is 0 Å². The molecule has 0 aliphatic heterocycles. The van der Waals surface area contributed by atoms with Gasteiger partial charge >= 0.3 is 0 Å². The van der Waals surface area contributed by atoms with Crippen LogP contribution in [0.5, 0.6) is 5.75 Å². The van der Waals surface area contributed by atoms with Crippen molar-refractivity contribution in [2.45, 2.75) is 13.0 Å². The highest BCUT2D eigenvalue weighted by molar-refractivity contribution is 5.46. The smallest absolute Gasteiger partial charge is 0.146 e. The van der Waals surface area contributed by atoms with E-state index in [0.717, 1.165) is 24.3 Å². The molecule has 3 nitrogen and oxygen atoms in total. The summed E-state index contributed by atoms with van der Waals surface area (Å²) in [5.74, 6) is 0.638. The Hall–Kier alpha value is -2.07. The van der Waals surface area contributed by atoms with Crippen molar-refractivity contribution in [2.24, 2.45) is 5.73 Å². The molecule has 0 bridgehead atoms. The number of nitrogens with two attached hydrogens (primary N) is 1. The zero-order valence-corrected chi connectivity index (χ0v) is 12.3. The van der Waals surface area contributed by atoms with Crippen molar-refractivity contribution in [3.05, 3.63) is 59.9 Å². The van der Waals surface area contributed by atoms with Crippen LogP contribution in [0.2, 0.25) is 0 Å². The second-order valence-corrected chi connectivity index (χ2v) is 4.92. The summed E-state index contributed by atoms with van der Waals surface area (Å²) in [6, 6.07) is 14.5. The van der Waals surface area contributed by atoms with Crippen molar-refractivity contribution in [3.63, 3.8) is 0 Å². The number of anilines is 1. The van der Waals surface area contributed by atoms with E-state index in [4.69, 9.17) is 10.5 Å². The zero-order chi connectivity index (χ0) is 15.1. The van der Waals surface area contributed by atoms with Gasteiger partial charge in [0.15, 0.2) is 0 Å². The number of benzene rings is 2. The van der Waals surface area contributed by atoms with E-state index in [2.05, 4.69) is 0 Å². The van der Waals surface area contributed by atoms with Crippen molar-refractivity contribution >= 4 is 5.69 Å². The fourth-order valence-electron chi connectivity index (χ4n) is 2.10. The summed E-state index contributed by atoms with van der Waals surface area (Å²) in [6.07, 6.45) is 0.823. The van der Waals surface area contributed by atoms with Gasteiger partial charge in [-0.15, -0.1) is 0 Å². The Balaban J connectivity index is 1.75. The molecular weight excluding hydrogens is 267 g/mol. The highest BCUT2D eigenvalue weighted by Crippen LogP contribution is 2.17. The van der Waals surface area contributed by atoms with E-state index < -0.39 is 0 Å². The van der Waals surface area contributed by atoms with E-state index in [1.165, 1.54) is 6.07 Å². The summed E-state index contributed by atoms with van der Waals surface area (Å²) < 4.78 is 19.3. The first-order chi connectivity index (χ1) is 10.2. The number of halogens is 1. The van der Waals surface area contributed by atoms with E-state index in [0.29, 0.717) is 18.8 Å². The average Bonchev–Trinajstić information content (AvgIpc) is 2.52. The van der Waals surface area contributed by atoms with E-state index >= 15 is 0 Å². The first-order valence-electron chi connectivity index (χ1n) is 7.08. The Bertz CT molecular complexity index is 557. The molecule has 0 atom stereocenters. The molecule has 0 amide bonds. The highest BCUT2D eigenvalue weighted by atomic mass is 19.1. The largest absolute Gasteiger partial charge is 0.494 e. The number of para-hydroxylation sites is 1. The van der Waals surface area contributed by atoms with Gasteiger partial charge in [0, 0.05) is 20.1 Å². The van der Waals surface area contributed by atoms with Crippen LogP contribution >= 0.6 is 0 Å². The van der Waals surface area contributed by atoms with Crippen LogP contribution in [-0.4, -0.2) is 20.2 Å². The minimum absolute atomic E-state index is 0.196. The Morgan fingerprint density at radius 1 is 1.10 bits per heavy atom. The average molecular weight is 288 g/mol. The molecule has 0 aliphatic carbocycles. The van der Waals surface area contributed by atoms with E-state index in [1.807, 2.05) is 42.3 Å². The van der Waals surface area contributed by atoms with Gasteiger partial charge in [0.25, 0.3) is 0 Å². The lowest BCUT2D eigenvalue weighted by Gasteiger charge is -2.19. The van der Waals surface area contributed by atoms with Crippen molar-refractivity contribution in [3.8, 4) is 5.75 Å². The van der Waals surface area contributed by atoms with Crippen LogP contribution in [0.15, 0.2) is 48.5 Å². The van der Waals surface area contributed by atoms with Gasteiger partial charge in [-0.1, -0.05) is 24.3 Å². The molecule has 4 heteroatoms. The third kappa shape index (κ3) is 4.46. The molecule has 0 spiro atoms. The molecule has 0 radical (unpaired) electrons. The summed E-state index contributed by atoms with van der Waals surface area (Å²) in [6.45, 7) is 1.87. The number of nitrogens with zero attached hydrogens (tertiary/aromatic N) is 1. The fraction of sp³-hybridized carbons (Fsp3) is 0.294. The number of hydrogen-bond acceptors (Lipinski definition) is 3. The maximum Gasteiger partial charge on any atom is 0.146 e. The first kappa shape index (κ1) is 15.3. The molecule has 21 heavy (non-hydrogen) atoms. The molecule has 0 saturated carbocycles. The molecule has 0 saturated heterocycles. The van der Waals surface area contributed by atoms with Crippen molar-refractivity contribution < 1.29 is 9.13 Å². The molecule has 2 N–H and O–H groups in total.